The van der Waals surface area contributed by atoms with Gasteiger partial charge in [-0.05, 0) is 37.1 Å². The molecule has 1 saturated heterocycles. The number of carbonyl (C=O) groups excluding carboxylic acids is 1. The Hall–Kier alpha value is -2.73. The fourth-order valence-electron chi connectivity index (χ4n) is 3.19. The molecule has 128 valence electrons. The average Bonchev–Trinajstić information content (AvgIpc) is 3.29. The third-order valence-electron chi connectivity index (χ3n) is 4.45. The summed E-state index contributed by atoms with van der Waals surface area (Å²) in [6.45, 7) is 1.58. The first kappa shape index (κ1) is 15.8. The number of rotatable bonds is 5. The SMILES string of the molecule is O=C(Cn1c(-c2ccncc2)nc2ccccc21)NCC1CCCO1. The van der Waals surface area contributed by atoms with Crippen LogP contribution in [0, 0.1) is 0 Å². The smallest absolute Gasteiger partial charge is 0.240 e. The van der Waals surface area contributed by atoms with Crippen LogP contribution in [0.25, 0.3) is 22.4 Å². The van der Waals surface area contributed by atoms with Crippen molar-refractivity contribution in [3.05, 3.63) is 48.8 Å². The number of pyridine rings is 1. The van der Waals surface area contributed by atoms with E-state index in [4.69, 9.17) is 9.72 Å². The van der Waals surface area contributed by atoms with Gasteiger partial charge in [-0.3, -0.25) is 9.78 Å². The Balaban J connectivity index is 1.60. The molecule has 1 aromatic carbocycles. The van der Waals surface area contributed by atoms with Gasteiger partial charge < -0.3 is 14.6 Å². The largest absolute Gasteiger partial charge is 0.376 e. The third kappa shape index (κ3) is 3.39. The van der Waals surface area contributed by atoms with Gasteiger partial charge in [-0.25, -0.2) is 4.98 Å². The van der Waals surface area contributed by atoms with Gasteiger partial charge in [0.1, 0.15) is 12.4 Å². The molecule has 6 heteroatoms. The highest BCUT2D eigenvalue weighted by molar-refractivity contribution is 5.84. The molecule has 0 spiro atoms. The molecule has 0 radical (unpaired) electrons. The molecule has 0 saturated carbocycles. The van der Waals surface area contributed by atoms with Crippen molar-refractivity contribution in [3.63, 3.8) is 0 Å². The van der Waals surface area contributed by atoms with Gasteiger partial charge in [0.05, 0.1) is 17.1 Å². The van der Waals surface area contributed by atoms with Gasteiger partial charge in [0.15, 0.2) is 0 Å². The number of fused-ring (bicyclic) bond motifs is 1. The van der Waals surface area contributed by atoms with Crippen molar-refractivity contribution in [2.75, 3.05) is 13.2 Å². The molecule has 25 heavy (non-hydrogen) atoms. The summed E-state index contributed by atoms with van der Waals surface area (Å²) in [5.74, 6) is 0.741. The first-order valence-electron chi connectivity index (χ1n) is 8.55. The van der Waals surface area contributed by atoms with Crippen LogP contribution >= 0.6 is 0 Å². The number of carbonyl (C=O) groups is 1. The van der Waals surface area contributed by atoms with Crippen molar-refractivity contribution >= 4 is 16.9 Å². The number of benzene rings is 1. The number of ether oxygens (including phenoxy) is 1. The zero-order valence-electron chi connectivity index (χ0n) is 13.9. The van der Waals surface area contributed by atoms with Crippen LogP contribution in [0.4, 0.5) is 0 Å². The summed E-state index contributed by atoms with van der Waals surface area (Å²) in [5, 5.41) is 2.98. The lowest BCUT2D eigenvalue weighted by atomic mass is 10.2. The van der Waals surface area contributed by atoms with E-state index in [1.54, 1.807) is 12.4 Å². The van der Waals surface area contributed by atoms with E-state index < -0.39 is 0 Å². The Kier molecular flexibility index (Phi) is 4.43. The van der Waals surface area contributed by atoms with Crippen molar-refractivity contribution in [1.29, 1.82) is 0 Å². The van der Waals surface area contributed by atoms with Crippen molar-refractivity contribution < 1.29 is 9.53 Å². The second-order valence-corrected chi connectivity index (χ2v) is 6.19. The highest BCUT2D eigenvalue weighted by Crippen LogP contribution is 2.24. The van der Waals surface area contributed by atoms with Crippen molar-refractivity contribution in [3.8, 4) is 11.4 Å². The fraction of sp³-hybridized carbons (Fsp3) is 0.316. The molecule has 0 bridgehead atoms. The summed E-state index contributed by atoms with van der Waals surface area (Å²) in [5.41, 5.74) is 2.76. The van der Waals surface area contributed by atoms with Crippen LogP contribution < -0.4 is 5.32 Å². The lowest BCUT2D eigenvalue weighted by Gasteiger charge is -2.13. The Morgan fingerprint density at radius 3 is 2.88 bits per heavy atom. The maximum Gasteiger partial charge on any atom is 0.240 e. The van der Waals surface area contributed by atoms with E-state index >= 15 is 0 Å². The van der Waals surface area contributed by atoms with E-state index in [0.717, 1.165) is 41.9 Å². The van der Waals surface area contributed by atoms with Crippen molar-refractivity contribution in [1.82, 2.24) is 19.9 Å². The first-order chi connectivity index (χ1) is 12.3. The summed E-state index contributed by atoms with van der Waals surface area (Å²) in [7, 11) is 0. The number of hydrogen-bond donors (Lipinski definition) is 1. The standard InChI is InChI=1S/C19H20N4O2/c24-18(21-12-15-4-3-11-25-15)13-23-17-6-2-1-5-16(17)22-19(23)14-7-9-20-10-8-14/h1-2,5-10,15H,3-4,11-13H2,(H,21,24). The first-order valence-corrected chi connectivity index (χ1v) is 8.55. The number of hydrogen-bond acceptors (Lipinski definition) is 4. The lowest BCUT2D eigenvalue weighted by Crippen LogP contribution is -2.34. The zero-order chi connectivity index (χ0) is 17.1. The molecule has 1 fully saturated rings. The Labute approximate surface area is 145 Å². The second kappa shape index (κ2) is 7.03. The molecule has 3 heterocycles. The van der Waals surface area contributed by atoms with E-state index in [-0.39, 0.29) is 18.6 Å². The van der Waals surface area contributed by atoms with Crippen LogP contribution in [0.1, 0.15) is 12.8 Å². The molecule has 2 aromatic heterocycles. The molecule has 0 aliphatic carbocycles. The average molecular weight is 336 g/mol. The predicted molar refractivity (Wildman–Crippen MR) is 94.9 cm³/mol. The predicted octanol–water partition coefficient (Wildman–Crippen LogP) is 2.39. The molecule has 1 N–H and O–H groups in total. The zero-order valence-corrected chi connectivity index (χ0v) is 13.9. The van der Waals surface area contributed by atoms with Crippen LogP contribution in [0.15, 0.2) is 48.8 Å². The molecule has 1 atom stereocenters. The summed E-state index contributed by atoms with van der Waals surface area (Å²) in [6, 6.07) is 11.7. The lowest BCUT2D eigenvalue weighted by molar-refractivity contribution is -0.122. The van der Waals surface area contributed by atoms with E-state index in [9.17, 15) is 4.79 Å². The number of para-hydroxylation sites is 2. The highest BCUT2D eigenvalue weighted by atomic mass is 16.5. The fourth-order valence-corrected chi connectivity index (χ4v) is 3.19. The summed E-state index contributed by atoms with van der Waals surface area (Å²) < 4.78 is 7.51. The van der Waals surface area contributed by atoms with Gasteiger partial charge in [0.2, 0.25) is 5.91 Å². The number of nitrogens with zero attached hydrogens (tertiary/aromatic N) is 3. The minimum absolute atomic E-state index is 0.0334. The van der Waals surface area contributed by atoms with Gasteiger partial charge in [-0.15, -0.1) is 0 Å². The Morgan fingerprint density at radius 1 is 1.24 bits per heavy atom. The maximum absolute atomic E-state index is 12.5. The number of imidazole rings is 1. The van der Waals surface area contributed by atoms with Crippen molar-refractivity contribution in [2.45, 2.75) is 25.5 Å². The van der Waals surface area contributed by atoms with Crippen LogP contribution in [0.5, 0.6) is 0 Å². The molecule has 1 amide bonds. The quantitative estimate of drug-likeness (QED) is 0.777. The minimum Gasteiger partial charge on any atom is -0.376 e. The maximum atomic E-state index is 12.5. The number of aromatic nitrogens is 3. The summed E-state index contributed by atoms with van der Waals surface area (Å²) in [6.07, 6.45) is 5.69. The molecule has 4 rings (SSSR count). The van der Waals surface area contributed by atoms with Gasteiger partial charge in [-0.2, -0.15) is 0 Å². The molecule has 1 unspecified atom stereocenters. The normalized spacial score (nSPS) is 17.0. The van der Waals surface area contributed by atoms with Crippen LogP contribution in [-0.4, -0.2) is 39.7 Å². The van der Waals surface area contributed by atoms with Crippen LogP contribution in [0.3, 0.4) is 0 Å². The Bertz CT molecular complexity index is 870. The Morgan fingerprint density at radius 2 is 2.08 bits per heavy atom. The molecular formula is C19H20N4O2. The molecule has 3 aromatic rings. The van der Waals surface area contributed by atoms with Gasteiger partial charge in [-0.1, -0.05) is 12.1 Å². The van der Waals surface area contributed by atoms with E-state index in [1.807, 2.05) is 41.0 Å². The number of amides is 1. The van der Waals surface area contributed by atoms with Gasteiger partial charge >= 0.3 is 0 Å². The minimum atomic E-state index is -0.0334. The summed E-state index contributed by atoms with van der Waals surface area (Å²) >= 11 is 0. The van der Waals surface area contributed by atoms with Crippen LogP contribution in [0.2, 0.25) is 0 Å². The molecule has 6 nitrogen and oxygen atoms in total. The third-order valence-corrected chi connectivity index (χ3v) is 4.45. The van der Waals surface area contributed by atoms with Crippen molar-refractivity contribution in [2.24, 2.45) is 0 Å². The molecule has 1 aliphatic rings. The second-order valence-electron chi connectivity index (χ2n) is 6.19. The molecular weight excluding hydrogens is 316 g/mol. The van der Waals surface area contributed by atoms with Crippen LogP contribution in [-0.2, 0) is 16.1 Å². The molecule has 1 aliphatic heterocycles. The topological polar surface area (TPSA) is 69.0 Å². The monoisotopic (exact) mass is 336 g/mol. The van der Waals surface area contributed by atoms with Gasteiger partial charge in [0, 0.05) is 31.1 Å². The van der Waals surface area contributed by atoms with E-state index in [2.05, 4.69) is 10.3 Å². The summed E-state index contributed by atoms with van der Waals surface area (Å²) in [4.78, 5) is 21.2. The van der Waals surface area contributed by atoms with E-state index in [1.165, 1.54) is 0 Å². The van der Waals surface area contributed by atoms with Gasteiger partial charge in [0.25, 0.3) is 0 Å². The van der Waals surface area contributed by atoms with E-state index in [0.29, 0.717) is 6.54 Å². The highest BCUT2D eigenvalue weighted by Gasteiger charge is 2.18. The number of nitrogens with one attached hydrogen (secondary N) is 1.